The van der Waals surface area contributed by atoms with Gasteiger partial charge in [0.2, 0.25) is 11.8 Å². The zero-order valence-corrected chi connectivity index (χ0v) is 15.6. The fourth-order valence-corrected chi connectivity index (χ4v) is 2.91. The maximum absolute atomic E-state index is 12.9. The molecule has 0 saturated heterocycles. The quantitative estimate of drug-likeness (QED) is 0.832. The van der Waals surface area contributed by atoms with Crippen LogP contribution in [0.3, 0.4) is 0 Å². The van der Waals surface area contributed by atoms with Crippen molar-refractivity contribution in [2.75, 3.05) is 7.05 Å². The van der Waals surface area contributed by atoms with Gasteiger partial charge in [-0.2, -0.15) is 0 Å². The largest absolute Gasteiger partial charge is 0.357 e. The predicted octanol–water partition coefficient (Wildman–Crippen LogP) is 3.70. The summed E-state index contributed by atoms with van der Waals surface area (Å²) < 4.78 is 0. The minimum Gasteiger partial charge on any atom is -0.357 e. The molecule has 25 heavy (non-hydrogen) atoms. The number of halogens is 2. The van der Waals surface area contributed by atoms with Crippen LogP contribution in [-0.2, 0) is 22.6 Å². The molecule has 0 heterocycles. The number of hydrogen-bond acceptors (Lipinski definition) is 2. The van der Waals surface area contributed by atoms with Crippen LogP contribution in [0.4, 0.5) is 0 Å². The van der Waals surface area contributed by atoms with Gasteiger partial charge in [0.05, 0.1) is 6.42 Å². The van der Waals surface area contributed by atoms with Crippen LogP contribution in [0.2, 0.25) is 10.0 Å². The number of benzene rings is 2. The molecule has 0 bridgehead atoms. The number of amides is 2. The molecule has 0 aliphatic carbocycles. The van der Waals surface area contributed by atoms with Gasteiger partial charge < -0.3 is 10.2 Å². The third-order valence-corrected chi connectivity index (χ3v) is 4.75. The zero-order valence-electron chi connectivity index (χ0n) is 14.1. The van der Waals surface area contributed by atoms with E-state index in [1.807, 2.05) is 30.3 Å². The summed E-state index contributed by atoms with van der Waals surface area (Å²) in [6.45, 7) is 1.94. The number of nitrogens with zero attached hydrogens (tertiary/aromatic N) is 1. The fourth-order valence-electron chi connectivity index (χ4n) is 2.51. The number of nitrogens with one attached hydrogen (secondary N) is 1. The Balaban J connectivity index is 2.27. The number of hydrogen-bond donors (Lipinski definition) is 1. The van der Waals surface area contributed by atoms with Crippen LogP contribution in [0.1, 0.15) is 18.1 Å². The number of carbonyl (C=O) groups excluding carboxylic acids is 2. The van der Waals surface area contributed by atoms with E-state index < -0.39 is 6.04 Å². The second-order valence-electron chi connectivity index (χ2n) is 5.67. The average molecular weight is 379 g/mol. The lowest BCUT2D eigenvalue weighted by Gasteiger charge is -2.29. The van der Waals surface area contributed by atoms with E-state index in [1.54, 1.807) is 32.2 Å². The summed E-state index contributed by atoms with van der Waals surface area (Å²) >= 11 is 12.4. The van der Waals surface area contributed by atoms with Gasteiger partial charge in [-0.25, -0.2) is 0 Å². The average Bonchev–Trinajstić information content (AvgIpc) is 2.61. The lowest BCUT2D eigenvalue weighted by Crippen LogP contribution is -2.47. The summed E-state index contributed by atoms with van der Waals surface area (Å²) in [5.41, 5.74) is 1.51. The summed E-state index contributed by atoms with van der Waals surface area (Å²) in [6.07, 6.45) is 0.117. The Morgan fingerprint density at radius 2 is 1.52 bits per heavy atom. The maximum Gasteiger partial charge on any atom is 0.242 e. The highest BCUT2D eigenvalue weighted by atomic mass is 35.5. The molecular formula is C19H20Cl2N2O2. The molecule has 1 N–H and O–H groups in total. The van der Waals surface area contributed by atoms with E-state index in [2.05, 4.69) is 5.32 Å². The Morgan fingerprint density at radius 3 is 2.04 bits per heavy atom. The summed E-state index contributed by atoms with van der Waals surface area (Å²) in [6, 6.07) is 13.8. The normalized spacial score (nSPS) is 11.7. The maximum atomic E-state index is 12.9. The number of carbonyl (C=O) groups is 2. The van der Waals surface area contributed by atoms with Crippen molar-refractivity contribution in [2.45, 2.75) is 25.9 Å². The van der Waals surface area contributed by atoms with Crippen LogP contribution in [0.25, 0.3) is 0 Å². The van der Waals surface area contributed by atoms with Crippen LogP contribution in [-0.4, -0.2) is 29.8 Å². The molecule has 1 atom stereocenters. The molecule has 0 spiro atoms. The van der Waals surface area contributed by atoms with Gasteiger partial charge >= 0.3 is 0 Å². The lowest BCUT2D eigenvalue weighted by molar-refractivity contribution is -0.139. The SMILES string of the molecule is CNC(=O)[C@H](C)N(Cc1ccccc1Cl)C(=O)Cc1ccccc1Cl. The van der Waals surface area contributed by atoms with Gasteiger partial charge in [-0.3, -0.25) is 9.59 Å². The van der Waals surface area contributed by atoms with Gasteiger partial charge in [-0.1, -0.05) is 59.6 Å². The molecule has 0 radical (unpaired) electrons. The summed E-state index contributed by atoms with van der Waals surface area (Å²) in [5, 5.41) is 3.67. The Morgan fingerprint density at radius 1 is 1.00 bits per heavy atom. The monoisotopic (exact) mass is 378 g/mol. The van der Waals surface area contributed by atoms with Gasteiger partial charge in [0.25, 0.3) is 0 Å². The molecule has 0 fully saturated rings. The predicted molar refractivity (Wildman–Crippen MR) is 101 cm³/mol. The van der Waals surface area contributed by atoms with E-state index in [4.69, 9.17) is 23.2 Å². The van der Waals surface area contributed by atoms with Crippen molar-refractivity contribution in [3.63, 3.8) is 0 Å². The molecule has 2 rings (SSSR count). The van der Waals surface area contributed by atoms with Crippen LogP contribution >= 0.6 is 23.2 Å². The number of likely N-dealkylation sites (N-methyl/N-ethyl adjacent to an activating group) is 1. The smallest absolute Gasteiger partial charge is 0.242 e. The lowest BCUT2D eigenvalue weighted by atomic mass is 10.1. The van der Waals surface area contributed by atoms with E-state index in [0.29, 0.717) is 10.0 Å². The van der Waals surface area contributed by atoms with Crippen molar-refractivity contribution in [3.8, 4) is 0 Å². The second-order valence-corrected chi connectivity index (χ2v) is 6.49. The molecule has 0 unspecified atom stereocenters. The van der Waals surface area contributed by atoms with Crippen molar-refractivity contribution in [1.29, 1.82) is 0 Å². The van der Waals surface area contributed by atoms with Crippen LogP contribution in [0.15, 0.2) is 48.5 Å². The van der Waals surface area contributed by atoms with Crippen molar-refractivity contribution >= 4 is 35.0 Å². The highest BCUT2D eigenvalue weighted by Gasteiger charge is 2.26. The molecule has 2 aromatic carbocycles. The molecule has 6 heteroatoms. The molecule has 2 amide bonds. The molecule has 132 valence electrons. The molecule has 2 aromatic rings. The molecular weight excluding hydrogens is 359 g/mol. The second kappa shape index (κ2) is 8.88. The van der Waals surface area contributed by atoms with E-state index >= 15 is 0 Å². The topological polar surface area (TPSA) is 49.4 Å². The van der Waals surface area contributed by atoms with Crippen molar-refractivity contribution in [1.82, 2.24) is 10.2 Å². The van der Waals surface area contributed by atoms with Crippen molar-refractivity contribution in [2.24, 2.45) is 0 Å². The first-order valence-corrected chi connectivity index (χ1v) is 8.67. The minimum absolute atomic E-state index is 0.117. The van der Waals surface area contributed by atoms with Crippen LogP contribution < -0.4 is 5.32 Å². The highest BCUT2D eigenvalue weighted by molar-refractivity contribution is 6.31. The third-order valence-electron chi connectivity index (χ3n) is 4.01. The first-order chi connectivity index (χ1) is 11.9. The van der Waals surface area contributed by atoms with Crippen molar-refractivity contribution < 1.29 is 9.59 Å². The fraction of sp³-hybridized carbons (Fsp3) is 0.263. The van der Waals surface area contributed by atoms with Gasteiger partial charge in [-0.05, 0) is 30.2 Å². The van der Waals surface area contributed by atoms with Gasteiger partial charge in [0.1, 0.15) is 6.04 Å². The Kier molecular flexibility index (Phi) is 6.85. The van der Waals surface area contributed by atoms with E-state index in [0.717, 1.165) is 11.1 Å². The molecule has 0 aliphatic heterocycles. The van der Waals surface area contributed by atoms with Gasteiger partial charge in [0.15, 0.2) is 0 Å². The molecule has 0 aliphatic rings. The summed E-state index contributed by atoms with van der Waals surface area (Å²) in [5.74, 6) is -0.427. The van der Waals surface area contributed by atoms with Crippen LogP contribution in [0, 0.1) is 0 Å². The van der Waals surface area contributed by atoms with E-state index in [9.17, 15) is 9.59 Å². The Labute approximate surface area is 157 Å². The first kappa shape index (κ1) is 19.3. The molecule has 0 aromatic heterocycles. The van der Waals surface area contributed by atoms with Gasteiger partial charge in [-0.15, -0.1) is 0 Å². The van der Waals surface area contributed by atoms with E-state index in [-0.39, 0.29) is 24.8 Å². The molecule has 4 nitrogen and oxygen atoms in total. The molecule has 0 saturated carbocycles. The Bertz CT molecular complexity index is 765. The van der Waals surface area contributed by atoms with Gasteiger partial charge in [0, 0.05) is 23.6 Å². The van der Waals surface area contributed by atoms with Crippen molar-refractivity contribution in [3.05, 3.63) is 69.7 Å². The first-order valence-electron chi connectivity index (χ1n) is 7.92. The van der Waals surface area contributed by atoms with E-state index in [1.165, 1.54) is 4.90 Å². The van der Waals surface area contributed by atoms with Crippen LogP contribution in [0.5, 0.6) is 0 Å². The summed E-state index contributed by atoms with van der Waals surface area (Å²) in [7, 11) is 1.55. The standard InChI is InChI=1S/C19H20Cl2N2O2/c1-13(19(25)22-2)23(12-15-8-4-6-10-17(15)21)18(24)11-14-7-3-5-9-16(14)20/h3-10,13H,11-12H2,1-2H3,(H,22,25)/t13-/m0/s1. The third kappa shape index (κ3) is 4.97. The minimum atomic E-state index is -0.628. The highest BCUT2D eigenvalue weighted by Crippen LogP contribution is 2.21. The zero-order chi connectivity index (χ0) is 18.4. The Hall–Kier alpha value is -2.04. The summed E-state index contributed by atoms with van der Waals surface area (Å²) in [4.78, 5) is 26.5. The number of rotatable bonds is 6.